The fraction of sp³-hybridized carbons (Fsp3) is 0.464. The van der Waals surface area contributed by atoms with E-state index < -0.39 is 52.9 Å². The van der Waals surface area contributed by atoms with Gasteiger partial charge in [0.25, 0.3) is 0 Å². The standard InChI is InChI=1S/C28H32F5N7O5/c1-15-18-11-16(29)12-19(30)22(18)44-21(15)23(28(31,32)33)38-25(42)37-17-13-35-24(36-14-17)40-9-7-39(8-10-40)20(41)5-6-34-26(43)45-27(2,3)4/h11-14,23H,5-10H2,1-4H3,(H,34,43)(H2,37,38,42)/t23-/m1/s1. The van der Waals surface area contributed by atoms with Gasteiger partial charge in [0, 0.05) is 56.2 Å². The van der Waals surface area contributed by atoms with Crippen LogP contribution in [0.3, 0.4) is 0 Å². The second-order valence-electron chi connectivity index (χ2n) is 11.2. The van der Waals surface area contributed by atoms with Crippen molar-refractivity contribution in [3.8, 4) is 0 Å². The number of halogens is 5. The molecule has 0 spiro atoms. The zero-order valence-electron chi connectivity index (χ0n) is 24.8. The molecular formula is C28H32F5N7O5. The van der Waals surface area contributed by atoms with Gasteiger partial charge in [-0.25, -0.2) is 28.3 Å². The molecule has 17 heteroatoms. The number of aryl methyl sites for hydroxylation is 1. The number of aromatic nitrogens is 2. The molecule has 1 atom stereocenters. The smallest absolute Gasteiger partial charge is 0.416 e. The van der Waals surface area contributed by atoms with Crippen LogP contribution in [-0.2, 0) is 9.53 Å². The molecule has 45 heavy (non-hydrogen) atoms. The summed E-state index contributed by atoms with van der Waals surface area (Å²) in [6.07, 6.45) is -3.14. The highest BCUT2D eigenvalue weighted by Crippen LogP contribution is 2.39. The Morgan fingerprint density at radius 2 is 1.69 bits per heavy atom. The van der Waals surface area contributed by atoms with Gasteiger partial charge in [-0.2, -0.15) is 13.2 Å². The van der Waals surface area contributed by atoms with Crippen LogP contribution in [0.1, 0.15) is 44.6 Å². The number of urea groups is 1. The van der Waals surface area contributed by atoms with Crippen molar-refractivity contribution in [2.75, 3.05) is 42.9 Å². The molecule has 4 amide bonds. The molecule has 0 radical (unpaired) electrons. The van der Waals surface area contributed by atoms with Crippen LogP contribution in [-0.4, -0.2) is 77.4 Å². The van der Waals surface area contributed by atoms with Gasteiger partial charge in [0.2, 0.25) is 11.9 Å². The van der Waals surface area contributed by atoms with E-state index >= 15 is 0 Å². The number of alkyl carbamates (subject to hydrolysis) is 1. The molecule has 1 fully saturated rings. The Morgan fingerprint density at radius 1 is 1.04 bits per heavy atom. The molecule has 0 aliphatic carbocycles. The lowest BCUT2D eigenvalue weighted by Gasteiger charge is -2.34. The highest BCUT2D eigenvalue weighted by atomic mass is 19.4. The number of benzene rings is 1. The summed E-state index contributed by atoms with van der Waals surface area (Å²) in [7, 11) is 0. The minimum absolute atomic E-state index is 0.0158. The summed E-state index contributed by atoms with van der Waals surface area (Å²) in [6.45, 7) is 8.05. The lowest BCUT2D eigenvalue weighted by molar-refractivity contribution is -0.158. The molecule has 3 aromatic rings. The van der Waals surface area contributed by atoms with Crippen molar-refractivity contribution >= 4 is 40.6 Å². The van der Waals surface area contributed by atoms with E-state index in [2.05, 4.69) is 20.6 Å². The third-order valence-electron chi connectivity index (χ3n) is 6.68. The molecule has 1 saturated heterocycles. The molecule has 2 aromatic heterocycles. The predicted octanol–water partition coefficient (Wildman–Crippen LogP) is 4.80. The number of carbonyl (C=O) groups excluding carboxylic acids is 3. The van der Waals surface area contributed by atoms with Crippen LogP contribution in [0.2, 0.25) is 0 Å². The Morgan fingerprint density at radius 3 is 2.29 bits per heavy atom. The van der Waals surface area contributed by atoms with Gasteiger partial charge < -0.3 is 34.9 Å². The average molecular weight is 642 g/mol. The summed E-state index contributed by atoms with van der Waals surface area (Å²) in [5, 5.41) is 6.33. The molecule has 244 valence electrons. The van der Waals surface area contributed by atoms with Gasteiger partial charge >= 0.3 is 18.3 Å². The monoisotopic (exact) mass is 641 g/mol. The third kappa shape index (κ3) is 8.48. The molecule has 4 rings (SSSR count). The Hall–Kier alpha value is -4.70. The summed E-state index contributed by atoms with van der Waals surface area (Å²) in [5.74, 6) is -2.83. The fourth-order valence-electron chi connectivity index (χ4n) is 4.58. The predicted molar refractivity (Wildman–Crippen MR) is 151 cm³/mol. The first-order valence-electron chi connectivity index (χ1n) is 13.9. The summed E-state index contributed by atoms with van der Waals surface area (Å²) in [5.41, 5.74) is -1.41. The maximum Gasteiger partial charge on any atom is 0.416 e. The van der Waals surface area contributed by atoms with Crippen LogP contribution < -0.4 is 20.9 Å². The van der Waals surface area contributed by atoms with E-state index in [-0.39, 0.29) is 41.5 Å². The number of alkyl halides is 3. The van der Waals surface area contributed by atoms with E-state index in [9.17, 15) is 36.3 Å². The fourth-order valence-corrected chi connectivity index (χ4v) is 4.58. The lowest BCUT2D eigenvalue weighted by atomic mass is 10.1. The first-order chi connectivity index (χ1) is 21.0. The van der Waals surface area contributed by atoms with E-state index in [0.29, 0.717) is 32.2 Å². The highest BCUT2D eigenvalue weighted by molar-refractivity contribution is 5.89. The van der Waals surface area contributed by atoms with Gasteiger partial charge in [-0.05, 0) is 33.8 Å². The number of piperazine rings is 1. The minimum Gasteiger partial charge on any atom is -0.455 e. The Labute approximate surface area is 254 Å². The van der Waals surface area contributed by atoms with Gasteiger partial charge in [-0.1, -0.05) is 0 Å². The first kappa shape index (κ1) is 33.2. The number of fused-ring (bicyclic) bond motifs is 1. The molecule has 3 heterocycles. The first-order valence-corrected chi connectivity index (χ1v) is 13.9. The van der Waals surface area contributed by atoms with Crippen LogP contribution >= 0.6 is 0 Å². The zero-order chi connectivity index (χ0) is 33.1. The van der Waals surface area contributed by atoms with Crippen LogP contribution in [0.25, 0.3) is 11.0 Å². The van der Waals surface area contributed by atoms with Gasteiger partial charge in [-0.15, -0.1) is 0 Å². The molecule has 0 unspecified atom stereocenters. The quantitative estimate of drug-likeness (QED) is 0.313. The molecule has 3 N–H and O–H groups in total. The second-order valence-corrected chi connectivity index (χ2v) is 11.2. The van der Waals surface area contributed by atoms with Crippen molar-refractivity contribution in [2.24, 2.45) is 0 Å². The maximum absolute atomic E-state index is 14.1. The number of ether oxygens (including phenoxy) is 1. The van der Waals surface area contributed by atoms with E-state index in [4.69, 9.17) is 9.15 Å². The van der Waals surface area contributed by atoms with Gasteiger partial charge in [-0.3, -0.25) is 4.79 Å². The van der Waals surface area contributed by atoms with Gasteiger partial charge in [0.05, 0.1) is 18.1 Å². The van der Waals surface area contributed by atoms with Crippen molar-refractivity contribution in [3.63, 3.8) is 0 Å². The average Bonchev–Trinajstić information content (AvgIpc) is 3.26. The summed E-state index contributed by atoms with van der Waals surface area (Å²) >= 11 is 0. The van der Waals surface area contributed by atoms with E-state index in [1.54, 1.807) is 35.9 Å². The molecule has 1 aromatic carbocycles. The number of amides is 4. The van der Waals surface area contributed by atoms with Gasteiger partial charge in [0.15, 0.2) is 17.4 Å². The molecular weight excluding hydrogens is 609 g/mol. The maximum atomic E-state index is 14.1. The lowest BCUT2D eigenvalue weighted by Crippen LogP contribution is -2.49. The molecule has 0 saturated carbocycles. The molecule has 0 bridgehead atoms. The van der Waals surface area contributed by atoms with Crippen LogP contribution in [0.4, 0.5) is 43.2 Å². The number of furan rings is 1. The normalized spacial score (nSPS) is 14.7. The summed E-state index contributed by atoms with van der Waals surface area (Å²) in [6, 6.07) is -2.61. The second kappa shape index (κ2) is 13.1. The molecule has 1 aliphatic heterocycles. The molecule has 12 nitrogen and oxygen atoms in total. The number of anilines is 2. The number of nitrogens with zero attached hydrogens (tertiary/aromatic N) is 4. The van der Waals surface area contributed by atoms with E-state index in [1.165, 1.54) is 19.3 Å². The minimum atomic E-state index is -5.04. The number of nitrogens with one attached hydrogen (secondary N) is 3. The van der Waals surface area contributed by atoms with Crippen LogP contribution in [0, 0.1) is 18.6 Å². The molecule has 1 aliphatic rings. The van der Waals surface area contributed by atoms with Crippen molar-refractivity contribution in [3.05, 3.63) is 47.5 Å². The largest absolute Gasteiger partial charge is 0.455 e. The highest BCUT2D eigenvalue weighted by Gasteiger charge is 2.45. The van der Waals surface area contributed by atoms with Gasteiger partial charge in [0.1, 0.15) is 17.2 Å². The van der Waals surface area contributed by atoms with Crippen LogP contribution in [0.15, 0.2) is 28.9 Å². The van der Waals surface area contributed by atoms with Crippen molar-refractivity contribution in [2.45, 2.75) is 51.9 Å². The Bertz CT molecular complexity index is 1550. The van der Waals surface area contributed by atoms with Crippen LogP contribution in [0.5, 0.6) is 0 Å². The van der Waals surface area contributed by atoms with Crippen molar-refractivity contribution in [1.29, 1.82) is 0 Å². The van der Waals surface area contributed by atoms with E-state index in [1.807, 2.05) is 0 Å². The summed E-state index contributed by atoms with van der Waals surface area (Å²) in [4.78, 5) is 48.5. The number of carbonyl (C=O) groups is 3. The Balaban J connectivity index is 1.30. The number of hydrogen-bond donors (Lipinski definition) is 3. The third-order valence-corrected chi connectivity index (χ3v) is 6.68. The SMILES string of the molecule is Cc1c([C@@H](NC(=O)Nc2cnc(N3CCN(C(=O)CCNC(=O)OC(C)(C)C)CC3)nc2)C(F)(F)F)oc2c(F)cc(F)cc12. The van der Waals surface area contributed by atoms with E-state index in [0.717, 1.165) is 6.07 Å². The van der Waals surface area contributed by atoms with Crippen molar-refractivity contribution < 1.29 is 45.5 Å². The number of rotatable bonds is 7. The zero-order valence-corrected chi connectivity index (χ0v) is 24.8. The number of hydrogen-bond acceptors (Lipinski definition) is 8. The Kier molecular flexibility index (Phi) is 9.68. The topological polar surface area (TPSA) is 142 Å². The summed E-state index contributed by atoms with van der Waals surface area (Å²) < 4.78 is 79.8. The van der Waals surface area contributed by atoms with Crippen molar-refractivity contribution in [1.82, 2.24) is 25.5 Å².